The second kappa shape index (κ2) is 8.70. The van der Waals surface area contributed by atoms with E-state index >= 15 is 0 Å². The number of carbonyl (C=O) groups is 2. The number of benzene rings is 2. The molecule has 8 heteroatoms. The van der Waals surface area contributed by atoms with Crippen molar-refractivity contribution in [2.75, 3.05) is 31.1 Å². The standard InChI is InChI=1S/C23H27N3O4S/c1-18-10-12-20(13-11-18)31(29,30)26(23(28)24-14-4-5-15-24)17-22(27)25-16-6-8-19-7-2-3-9-21(19)25/h2-3,7,9-13H,4-6,8,14-17H2,1H3. The minimum Gasteiger partial charge on any atom is -0.324 e. The van der Waals surface area contributed by atoms with Crippen LogP contribution in [0.3, 0.4) is 0 Å². The van der Waals surface area contributed by atoms with Crippen molar-refractivity contribution in [1.29, 1.82) is 0 Å². The van der Waals surface area contributed by atoms with E-state index in [1.165, 1.54) is 17.0 Å². The summed E-state index contributed by atoms with van der Waals surface area (Å²) in [5.41, 5.74) is 2.76. The third-order valence-corrected chi connectivity index (χ3v) is 7.62. The van der Waals surface area contributed by atoms with Crippen molar-refractivity contribution in [3.63, 3.8) is 0 Å². The van der Waals surface area contributed by atoms with Gasteiger partial charge in [-0.15, -0.1) is 0 Å². The van der Waals surface area contributed by atoms with Gasteiger partial charge in [0.25, 0.3) is 10.0 Å². The number of sulfonamides is 1. The van der Waals surface area contributed by atoms with E-state index in [2.05, 4.69) is 0 Å². The summed E-state index contributed by atoms with van der Waals surface area (Å²) in [6, 6.07) is 13.3. The lowest BCUT2D eigenvalue weighted by Gasteiger charge is -2.32. The molecule has 2 heterocycles. The Labute approximate surface area is 183 Å². The number of amides is 3. The highest BCUT2D eigenvalue weighted by Crippen LogP contribution is 2.28. The van der Waals surface area contributed by atoms with Gasteiger partial charge in [0, 0.05) is 25.3 Å². The van der Waals surface area contributed by atoms with E-state index in [4.69, 9.17) is 0 Å². The second-order valence-corrected chi connectivity index (χ2v) is 9.94. The molecule has 2 aromatic rings. The van der Waals surface area contributed by atoms with E-state index in [-0.39, 0.29) is 4.90 Å². The Bertz CT molecular complexity index is 1080. The number of para-hydroxylation sites is 1. The highest BCUT2D eigenvalue weighted by Gasteiger charge is 2.37. The molecule has 0 atom stereocenters. The van der Waals surface area contributed by atoms with E-state index in [0.717, 1.165) is 46.8 Å². The number of aryl methyl sites for hydroxylation is 2. The summed E-state index contributed by atoms with van der Waals surface area (Å²) < 4.78 is 27.6. The SMILES string of the molecule is Cc1ccc(S(=O)(=O)N(CC(=O)N2CCCc3ccccc32)C(=O)N2CCCC2)cc1. The molecule has 2 aromatic carbocycles. The first-order valence-corrected chi connectivity index (χ1v) is 12.1. The van der Waals surface area contributed by atoms with Crippen molar-refractivity contribution in [1.82, 2.24) is 9.21 Å². The molecule has 0 unspecified atom stereocenters. The fraction of sp³-hybridized carbons (Fsp3) is 0.391. The average Bonchev–Trinajstić information content (AvgIpc) is 3.31. The summed E-state index contributed by atoms with van der Waals surface area (Å²) in [6.45, 7) is 2.85. The van der Waals surface area contributed by atoms with Crippen molar-refractivity contribution < 1.29 is 18.0 Å². The van der Waals surface area contributed by atoms with Crippen LogP contribution in [0.1, 0.15) is 30.4 Å². The van der Waals surface area contributed by atoms with Gasteiger partial charge in [-0.1, -0.05) is 35.9 Å². The van der Waals surface area contributed by atoms with E-state index in [1.54, 1.807) is 17.0 Å². The lowest BCUT2D eigenvalue weighted by Crippen LogP contribution is -2.50. The Morgan fingerprint density at radius 1 is 0.935 bits per heavy atom. The van der Waals surface area contributed by atoms with Crippen LogP contribution in [0.5, 0.6) is 0 Å². The van der Waals surface area contributed by atoms with Gasteiger partial charge in [-0.2, -0.15) is 0 Å². The monoisotopic (exact) mass is 441 g/mol. The molecule has 1 saturated heterocycles. The zero-order valence-electron chi connectivity index (χ0n) is 17.7. The van der Waals surface area contributed by atoms with Crippen molar-refractivity contribution in [2.24, 2.45) is 0 Å². The Balaban J connectivity index is 1.66. The number of likely N-dealkylation sites (tertiary alicyclic amines) is 1. The van der Waals surface area contributed by atoms with Crippen LogP contribution in [0.15, 0.2) is 53.4 Å². The van der Waals surface area contributed by atoms with Crippen molar-refractivity contribution in [3.8, 4) is 0 Å². The molecule has 164 valence electrons. The smallest absolute Gasteiger partial charge is 0.324 e. The van der Waals surface area contributed by atoms with Crippen LogP contribution >= 0.6 is 0 Å². The van der Waals surface area contributed by atoms with Crippen LogP contribution in [0.25, 0.3) is 0 Å². The minimum absolute atomic E-state index is 0.0116. The predicted molar refractivity (Wildman–Crippen MR) is 118 cm³/mol. The molecule has 0 bridgehead atoms. The third kappa shape index (κ3) is 4.30. The molecule has 1 fully saturated rings. The van der Waals surface area contributed by atoms with Gasteiger partial charge < -0.3 is 9.80 Å². The van der Waals surface area contributed by atoms with Gasteiger partial charge >= 0.3 is 6.03 Å². The lowest BCUT2D eigenvalue weighted by atomic mass is 10.0. The maximum Gasteiger partial charge on any atom is 0.334 e. The van der Waals surface area contributed by atoms with Crippen molar-refractivity contribution in [2.45, 2.75) is 37.5 Å². The Morgan fingerprint density at radius 3 is 2.32 bits per heavy atom. The number of urea groups is 1. The predicted octanol–water partition coefficient (Wildman–Crippen LogP) is 3.18. The molecule has 0 N–H and O–H groups in total. The third-order valence-electron chi connectivity index (χ3n) is 5.89. The molecule has 0 aliphatic carbocycles. The molecule has 31 heavy (non-hydrogen) atoms. The van der Waals surface area contributed by atoms with Gasteiger partial charge in [-0.3, -0.25) is 4.79 Å². The highest BCUT2D eigenvalue weighted by molar-refractivity contribution is 7.89. The molecule has 0 saturated carbocycles. The quantitative estimate of drug-likeness (QED) is 0.730. The summed E-state index contributed by atoms with van der Waals surface area (Å²) in [4.78, 5) is 29.6. The lowest BCUT2D eigenvalue weighted by molar-refractivity contribution is -0.118. The number of hydrogen-bond donors (Lipinski definition) is 0. The largest absolute Gasteiger partial charge is 0.334 e. The van der Waals surface area contributed by atoms with Crippen LogP contribution in [0.2, 0.25) is 0 Å². The van der Waals surface area contributed by atoms with E-state index in [0.29, 0.717) is 19.6 Å². The molecule has 7 nitrogen and oxygen atoms in total. The van der Waals surface area contributed by atoms with E-state index < -0.39 is 28.5 Å². The first-order chi connectivity index (χ1) is 14.9. The van der Waals surface area contributed by atoms with Crippen molar-refractivity contribution >= 4 is 27.6 Å². The number of carbonyl (C=O) groups excluding carboxylic acids is 2. The van der Waals surface area contributed by atoms with Crippen molar-refractivity contribution in [3.05, 3.63) is 59.7 Å². The molecule has 2 aliphatic heterocycles. The van der Waals surface area contributed by atoms with Crippen LogP contribution in [0, 0.1) is 6.92 Å². The summed E-state index contributed by atoms with van der Waals surface area (Å²) in [5, 5.41) is 0. The van der Waals surface area contributed by atoms with Gasteiger partial charge in [-0.25, -0.2) is 17.5 Å². The maximum atomic E-state index is 13.4. The zero-order valence-corrected chi connectivity index (χ0v) is 18.5. The number of nitrogens with zero attached hydrogens (tertiary/aromatic N) is 3. The van der Waals surface area contributed by atoms with Gasteiger partial charge in [0.2, 0.25) is 5.91 Å². The normalized spacial score (nSPS) is 16.2. The first kappa shape index (κ1) is 21.4. The molecule has 0 spiro atoms. The van der Waals surface area contributed by atoms with E-state index in [1.807, 2.05) is 31.2 Å². The van der Waals surface area contributed by atoms with Gasteiger partial charge in [-0.05, 0) is 56.4 Å². The van der Waals surface area contributed by atoms with Gasteiger partial charge in [0.15, 0.2) is 0 Å². The minimum atomic E-state index is -4.17. The summed E-state index contributed by atoms with van der Waals surface area (Å²) in [6.07, 6.45) is 3.33. The second-order valence-electron chi connectivity index (χ2n) is 8.08. The summed E-state index contributed by atoms with van der Waals surface area (Å²) in [5.74, 6) is -0.393. The summed E-state index contributed by atoms with van der Waals surface area (Å²) >= 11 is 0. The van der Waals surface area contributed by atoms with E-state index in [9.17, 15) is 18.0 Å². The topological polar surface area (TPSA) is 78.0 Å². The Morgan fingerprint density at radius 2 is 1.61 bits per heavy atom. The number of rotatable bonds is 4. The average molecular weight is 442 g/mol. The van der Waals surface area contributed by atoms with Crippen LogP contribution in [0.4, 0.5) is 10.5 Å². The molecule has 3 amide bonds. The van der Waals surface area contributed by atoms with Gasteiger partial charge in [0.1, 0.15) is 6.54 Å². The molecule has 4 rings (SSSR count). The van der Waals surface area contributed by atoms with Gasteiger partial charge in [0.05, 0.1) is 4.90 Å². The number of fused-ring (bicyclic) bond motifs is 1. The number of anilines is 1. The highest BCUT2D eigenvalue weighted by atomic mass is 32.2. The number of hydrogen-bond acceptors (Lipinski definition) is 4. The molecule has 2 aliphatic rings. The molecular weight excluding hydrogens is 414 g/mol. The fourth-order valence-electron chi connectivity index (χ4n) is 4.16. The molecule has 0 radical (unpaired) electrons. The summed E-state index contributed by atoms with van der Waals surface area (Å²) in [7, 11) is -4.17. The zero-order chi connectivity index (χ0) is 22.0. The van der Waals surface area contributed by atoms with Crippen LogP contribution in [-0.4, -0.2) is 55.7 Å². The first-order valence-electron chi connectivity index (χ1n) is 10.6. The van der Waals surface area contributed by atoms with Crippen LogP contribution < -0.4 is 4.90 Å². The Kier molecular flexibility index (Phi) is 6.00. The maximum absolute atomic E-state index is 13.4. The molecule has 0 aromatic heterocycles. The fourth-order valence-corrected chi connectivity index (χ4v) is 5.50. The van der Waals surface area contributed by atoms with Crippen LogP contribution in [-0.2, 0) is 21.2 Å². The Hall–Kier alpha value is -2.87. The molecular formula is C23H27N3O4S.